The SMILES string of the molecule is CN(Cc1ncc[nH]1)Cc1ccc2n(c1=O)C[C@H]1C[C@@H]2CN(C(=O)c2ccco2)C1. The van der Waals surface area contributed by atoms with Crippen molar-refractivity contribution >= 4 is 5.91 Å². The maximum Gasteiger partial charge on any atom is 0.289 e. The minimum atomic E-state index is -0.0679. The van der Waals surface area contributed by atoms with Crippen molar-refractivity contribution in [2.45, 2.75) is 32.0 Å². The number of imidazole rings is 1. The van der Waals surface area contributed by atoms with Gasteiger partial charge in [-0.1, -0.05) is 6.07 Å². The summed E-state index contributed by atoms with van der Waals surface area (Å²) < 4.78 is 7.23. The number of carbonyl (C=O) groups excluding carboxylic acids is 1. The minimum absolute atomic E-state index is 0.0679. The molecule has 3 aromatic rings. The molecular formula is C22H25N5O3. The van der Waals surface area contributed by atoms with Crippen LogP contribution < -0.4 is 5.56 Å². The zero-order chi connectivity index (χ0) is 20.7. The maximum atomic E-state index is 13.2. The number of furan rings is 1. The standard InChI is InChI=1S/C22H25N5O3/c1-25(14-20-23-6-7-24-20)12-16-4-5-18-17-9-15(11-27(18)21(16)28)10-26(13-17)22(29)19-3-2-8-30-19/h2-8,15,17H,9-14H2,1H3,(H,23,24)/t15-,17+/m0/s1. The molecule has 1 amide bonds. The highest BCUT2D eigenvalue weighted by molar-refractivity contribution is 5.91. The van der Waals surface area contributed by atoms with Crippen LogP contribution in [0.25, 0.3) is 0 Å². The Morgan fingerprint density at radius 3 is 2.93 bits per heavy atom. The lowest BCUT2D eigenvalue weighted by atomic mass is 9.83. The second-order valence-electron chi connectivity index (χ2n) is 8.39. The van der Waals surface area contributed by atoms with Crippen molar-refractivity contribution in [3.8, 4) is 0 Å². The summed E-state index contributed by atoms with van der Waals surface area (Å²) in [4.78, 5) is 37.2. The van der Waals surface area contributed by atoms with Gasteiger partial charge in [-0.15, -0.1) is 0 Å². The smallest absolute Gasteiger partial charge is 0.289 e. The van der Waals surface area contributed by atoms with Crippen molar-refractivity contribution in [1.82, 2.24) is 24.3 Å². The number of hydrogen-bond acceptors (Lipinski definition) is 5. The summed E-state index contributed by atoms with van der Waals surface area (Å²) in [5.41, 5.74) is 1.90. The molecule has 1 fully saturated rings. The van der Waals surface area contributed by atoms with E-state index in [-0.39, 0.29) is 23.3 Å². The van der Waals surface area contributed by atoms with Gasteiger partial charge in [-0.2, -0.15) is 0 Å². The summed E-state index contributed by atoms with van der Waals surface area (Å²) in [5.74, 6) is 1.65. The highest BCUT2D eigenvalue weighted by Gasteiger charge is 2.37. The number of aromatic nitrogens is 3. The number of hydrogen-bond donors (Lipinski definition) is 1. The van der Waals surface area contributed by atoms with Crippen LogP contribution in [0.2, 0.25) is 0 Å². The van der Waals surface area contributed by atoms with Crippen LogP contribution in [-0.4, -0.2) is 50.4 Å². The van der Waals surface area contributed by atoms with Gasteiger partial charge in [0.2, 0.25) is 0 Å². The first-order valence-electron chi connectivity index (χ1n) is 10.3. The van der Waals surface area contributed by atoms with Gasteiger partial charge in [0.15, 0.2) is 5.76 Å². The average Bonchev–Trinajstić information content (AvgIpc) is 3.44. The number of H-pyrrole nitrogens is 1. The summed E-state index contributed by atoms with van der Waals surface area (Å²) in [6.45, 7) is 3.15. The molecule has 1 saturated heterocycles. The fourth-order valence-electron chi connectivity index (χ4n) is 4.82. The molecule has 3 aromatic heterocycles. The Hall–Kier alpha value is -3.13. The maximum absolute atomic E-state index is 13.2. The van der Waals surface area contributed by atoms with E-state index < -0.39 is 0 Å². The van der Waals surface area contributed by atoms with Gasteiger partial charge in [0.25, 0.3) is 11.5 Å². The highest BCUT2D eigenvalue weighted by atomic mass is 16.3. The van der Waals surface area contributed by atoms with Crippen LogP contribution in [0.3, 0.4) is 0 Å². The molecule has 0 aliphatic carbocycles. The van der Waals surface area contributed by atoms with Gasteiger partial charge in [-0.05, 0) is 37.6 Å². The number of carbonyl (C=O) groups is 1. The van der Waals surface area contributed by atoms with Crippen molar-refractivity contribution in [2.75, 3.05) is 20.1 Å². The molecule has 8 heteroatoms. The molecule has 5 rings (SSSR count). The quantitative estimate of drug-likeness (QED) is 0.700. The van der Waals surface area contributed by atoms with E-state index in [1.54, 1.807) is 24.5 Å². The molecule has 0 aromatic carbocycles. The number of fused-ring (bicyclic) bond motifs is 4. The predicted octanol–water partition coefficient (Wildman–Crippen LogP) is 2.06. The molecular weight excluding hydrogens is 382 g/mol. The lowest BCUT2D eigenvalue weighted by Crippen LogP contribution is -2.49. The van der Waals surface area contributed by atoms with E-state index in [1.165, 1.54) is 6.26 Å². The van der Waals surface area contributed by atoms with Crippen LogP contribution in [0.1, 0.15) is 40.0 Å². The highest BCUT2D eigenvalue weighted by Crippen LogP contribution is 2.35. The second-order valence-corrected chi connectivity index (χ2v) is 8.39. The van der Waals surface area contributed by atoms with E-state index in [1.807, 2.05) is 22.6 Å². The van der Waals surface area contributed by atoms with Crippen molar-refractivity contribution < 1.29 is 9.21 Å². The van der Waals surface area contributed by atoms with Gasteiger partial charge in [0, 0.05) is 55.7 Å². The number of nitrogens with one attached hydrogen (secondary N) is 1. The molecule has 2 aliphatic heterocycles. The molecule has 8 nitrogen and oxygen atoms in total. The second kappa shape index (κ2) is 7.60. The fourth-order valence-corrected chi connectivity index (χ4v) is 4.82. The Morgan fingerprint density at radius 2 is 2.17 bits per heavy atom. The summed E-state index contributed by atoms with van der Waals surface area (Å²) >= 11 is 0. The van der Waals surface area contributed by atoms with Crippen molar-refractivity contribution in [2.24, 2.45) is 5.92 Å². The topological polar surface area (TPSA) is 87.4 Å². The number of amides is 1. The Morgan fingerprint density at radius 1 is 1.27 bits per heavy atom. The molecule has 2 aliphatic rings. The number of likely N-dealkylation sites (tertiary alicyclic amines) is 1. The van der Waals surface area contributed by atoms with Gasteiger partial charge in [-0.3, -0.25) is 14.5 Å². The molecule has 5 heterocycles. The van der Waals surface area contributed by atoms with Crippen LogP contribution in [0.4, 0.5) is 0 Å². The van der Waals surface area contributed by atoms with Gasteiger partial charge >= 0.3 is 0 Å². The largest absolute Gasteiger partial charge is 0.459 e. The van der Waals surface area contributed by atoms with Crippen LogP contribution in [0.5, 0.6) is 0 Å². The van der Waals surface area contributed by atoms with Crippen LogP contribution in [0.15, 0.2) is 52.1 Å². The Balaban J connectivity index is 1.34. The van der Waals surface area contributed by atoms with Gasteiger partial charge in [0.1, 0.15) is 5.82 Å². The Labute approximate surface area is 174 Å². The van der Waals surface area contributed by atoms with Gasteiger partial charge < -0.3 is 18.9 Å². The first-order chi connectivity index (χ1) is 14.6. The lowest BCUT2D eigenvalue weighted by Gasteiger charge is -2.42. The number of piperidine rings is 1. The first kappa shape index (κ1) is 18.9. The third-order valence-corrected chi connectivity index (χ3v) is 6.12. The van der Waals surface area contributed by atoms with Gasteiger partial charge in [0.05, 0.1) is 12.8 Å². The summed E-state index contributed by atoms with van der Waals surface area (Å²) in [6, 6.07) is 7.45. The molecule has 30 heavy (non-hydrogen) atoms. The molecule has 2 atom stereocenters. The summed E-state index contributed by atoms with van der Waals surface area (Å²) in [5, 5.41) is 0. The Kier molecular flexibility index (Phi) is 4.78. The number of aromatic amines is 1. The van der Waals surface area contributed by atoms with Crippen LogP contribution in [-0.2, 0) is 19.6 Å². The number of nitrogens with zero attached hydrogens (tertiary/aromatic N) is 4. The normalized spacial score (nSPS) is 20.4. The molecule has 156 valence electrons. The van der Waals surface area contributed by atoms with E-state index in [4.69, 9.17) is 4.42 Å². The Bertz CT molecular complexity index is 1090. The third-order valence-electron chi connectivity index (χ3n) is 6.12. The average molecular weight is 407 g/mol. The van der Waals surface area contributed by atoms with E-state index in [9.17, 15) is 9.59 Å². The molecule has 0 saturated carbocycles. The first-order valence-corrected chi connectivity index (χ1v) is 10.3. The van der Waals surface area contributed by atoms with Crippen LogP contribution in [0, 0.1) is 5.92 Å². The molecule has 1 N–H and O–H groups in total. The number of pyridine rings is 1. The van der Waals surface area contributed by atoms with Crippen LogP contribution >= 0.6 is 0 Å². The molecule has 2 bridgehead atoms. The van der Waals surface area contributed by atoms with E-state index >= 15 is 0 Å². The predicted molar refractivity (Wildman–Crippen MR) is 110 cm³/mol. The van der Waals surface area contributed by atoms with E-state index in [0.29, 0.717) is 38.5 Å². The third kappa shape index (κ3) is 3.47. The number of rotatable bonds is 5. The molecule has 0 unspecified atom stereocenters. The van der Waals surface area contributed by atoms with Gasteiger partial charge in [-0.25, -0.2) is 4.98 Å². The summed E-state index contributed by atoms with van der Waals surface area (Å²) in [7, 11) is 1.99. The van der Waals surface area contributed by atoms with Crippen molar-refractivity contribution in [3.05, 3.63) is 76.1 Å². The lowest BCUT2D eigenvalue weighted by molar-refractivity contribution is 0.0563. The monoisotopic (exact) mass is 407 g/mol. The molecule has 0 spiro atoms. The van der Waals surface area contributed by atoms with Crippen molar-refractivity contribution in [1.29, 1.82) is 0 Å². The zero-order valence-electron chi connectivity index (χ0n) is 17.0. The van der Waals surface area contributed by atoms with E-state index in [0.717, 1.165) is 23.5 Å². The molecule has 0 radical (unpaired) electrons. The van der Waals surface area contributed by atoms with Crippen molar-refractivity contribution in [3.63, 3.8) is 0 Å². The van der Waals surface area contributed by atoms with E-state index in [2.05, 4.69) is 20.9 Å². The zero-order valence-corrected chi connectivity index (χ0v) is 17.0. The fraction of sp³-hybridized carbons (Fsp3) is 0.409. The summed E-state index contributed by atoms with van der Waals surface area (Å²) in [6.07, 6.45) is 6.07. The minimum Gasteiger partial charge on any atom is -0.459 e.